The predicted molar refractivity (Wildman–Crippen MR) is 81.2 cm³/mol. The first kappa shape index (κ1) is 14.0. The molecule has 1 aromatic rings. The molecule has 0 spiro atoms. The molecular weight excluding hydrogens is 238 g/mol. The zero-order valence-corrected chi connectivity index (χ0v) is 12.4. The van der Waals surface area contributed by atoms with Crippen molar-refractivity contribution in [1.29, 1.82) is 0 Å². The Morgan fingerprint density at radius 3 is 2.50 bits per heavy atom. The Morgan fingerprint density at radius 1 is 1.22 bits per heavy atom. The van der Waals surface area contributed by atoms with Crippen molar-refractivity contribution in [2.24, 2.45) is 11.7 Å². The van der Waals surface area contributed by atoms with E-state index >= 15 is 0 Å². The maximum Gasteiger partial charge on any atom is 0.00721 e. The Bertz CT molecular complexity index is 358. The van der Waals surface area contributed by atoms with Crippen LogP contribution in [0.5, 0.6) is 0 Å². The smallest absolute Gasteiger partial charge is 0.00721 e. The van der Waals surface area contributed by atoms with E-state index in [2.05, 4.69) is 38.1 Å². The van der Waals surface area contributed by atoms with E-state index in [9.17, 15) is 0 Å². The van der Waals surface area contributed by atoms with E-state index in [4.69, 9.17) is 5.73 Å². The van der Waals surface area contributed by atoms with Crippen molar-refractivity contribution in [3.05, 3.63) is 29.8 Å². The highest BCUT2D eigenvalue weighted by Crippen LogP contribution is 2.30. The number of hydrogen-bond donors (Lipinski definition) is 1. The van der Waals surface area contributed by atoms with Crippen molar-refractivity contribution in [3.8, 4) is 0 Å². The van der Waals surface area contributed by atoms with Crippen LogP contribution in [-0.4, -0.2) is 11.8 Å². The van der Waals surface area contributed by atoms with Gasteiger partial charge in [-0.25, -0.2) is 0 Å². The molecular formula is C16H25NS. The standard InChI is InChI=1S/C16H25NS/c1-12(2)13-6-8-15(9-7-13)18-11-10-14-4-3-5-16(14)17/h6-9,12,14,16H,3-5,10-11,17H2,1-2H3. The minimum atomic E-state index is 0.467. The molecule has 100 valence electrons. The van der Waals surface area contributed by atoms with Gasteiger partial charge in [0.25, 0.3) is 0 Å². The molecule has 1 saturated carbocycles. The Hall–Kier alpha value is -0.470. The lowest BCUT2D eigenvalue weighted by Gasteiger charge is -2.14. The summed E-state index contributed by atoms with van der Waals surface area (Å²) in [7, 11) is 0. The highest BCUT2D eigenvalue weighted by atomic mass is 32.2. The van der Waals surface area contributed by atoms with Gasteiger partial charge in [0.1, 0.15) is 0 Å². The number of rotatable bonds is 5. The first-order chi connectivity index (χ1) is 8.66. The molecule has 0 saturated heterocycles. The summed E-state index contributed by atoms with van der Waals surface area (Å²) in [6, 6.07) is 9.50. The van der Waals surface area contributed by atoms with Gasteiger partial charge in [-0.2, -0.15) is 0 Å². The van der Waals surface area contributed by atoms with Crippen LogP contribution in [0.25, 0.3) is 0 Å². The number of benzene rings is 1. The summed E-state index contributed by atoms with van der Waals surface area (Å²) in [6.07, 6.45) is 5.18. The van der Waals surface area contributed by atoms with Gasteiger partial charge < -0.3 is 5.73 Å². The molecule has 2 heteroatoms. The molecule has 2 rings (SSSR count). The second kappa shape index (κ2) is 6.63. The number of hydrogen-bond acceptors (Lipinski definition) is 2. The second-order valence-electron chi connectivity index (χ2n) is 5.72. The van der Waals surface area contributed by atoms with Crippen LogP contribution in [0.1, 0.15) is 51.0 Å². The van der Waals surface area contributed by atoms with Crippen molar-refractivity contribution in [2.45, 2.75) is 56.4 Å². The van der Waals surface area contributed by atoms with Crippen molar-refractivity contribution in [3.63, 3.8) is 0 Å². The number of nitrogens with two attached hydrogens (primary N) is 1. The van der Waals surface area contributed by atoms with Crippen molar-refractivity contribution >= 4 is 11.8 Å². The zero-order chi connectivity index (χ0) is 13.0. The maximum absolute atomic E-state index is 6.10. The minimum absolute atomic E-state index is 0.467. The molecule has 2 N–H and O–H groups in total. The molecule has 18 heavy (non-hydrogen) atoms. The Morgan fingerprint density at radius 2 is 1.94 bits per heavy atom. The summed E-state index contributed by atoms with van der Waals surface area (Å²) in [5.41, 5.74) is 7.53. The van der Waals surface area contributed by atoms with E-state index in [0.29, 0.717) is 12.0 Å². The van der Waals surface area contributed by atoms with Gasteiger partial charge in [-0.15, -0.1) is 11.8 Å². The summed E-state index contributed by atoms with van der Waals surface area (Å²) >= 11 is 1.97. The normalized spacial score (nSPS) is 23.8. The van der Waals surface area contributed by atoms with Gasteiger partial charge >= 0.3 is 0 Å². The quantitative estimate of drug-likeness (QED) is 0.796. The van der Waals surface area contributed by atoms with Crippen LogP contribution >= 0.6 is 11.8 Å². The third-order valence-corrected chi connectivity index (χ3v) is 5.07. The first-order valence-electron chi connectivity index (χ1n) is 7.15. The molecule has 0 heterocycles. The third kappa shape index (κ3) is 3.76. The fourth-order valence-electron chi connectivity index (χ4n) is 2.70. The summed E-state index contributed by atoms with van der Waals surface area (Å²) in [5.74, 6) is 2.60. The predicted octanol–water partition coefficient (Wildman–Crippen LogP) is 4.42. The lowest BCUT2D eigenvalue weighted by Crippen LogP contribution is -2.24. The zero-order valence-electron chi connectivity index (χ0n) is 11.6. The maximum atomic E-state index is 6.10. The average molecular weight is 263 g/mol. The molecule has 1 nitrogen and oxygen atoms in total. The number of thioether (sulfide) groups is 1. The van der Waals surface area contributed by atoms with E-state index in [1.165, 1.54) is 41.9 Å². The average Bonchev–Trinajstić information content (AvgIpc) is 2.76. The topological polar surface area (TPSA) is 26.0 Å². The van der Waals surface area contributed by atoms with Gasteiger partial charge in [-0.1, -0.05) is 32.4 Å². The summed E-state index contributed by atoms with van der Waals surface area (Å²) in [4.78, 5) is 1.39. The van der Waals surface area contributed by atoms with Gasteiger partial charge in [0, 0.05) is 10.9 Å². The van der Waals surface area contributed by atoms with Crippen molar-refractivity contribution in [2.75, 3.05) is 5.75 Å². The van der Waals surface area contributed by atoms with E-state index in [1.807, 2.05) is 11.8 Å². The van der Waals surface area contributed by atoms with Crippen LogP contribution in [-0.2, 0) is 0 Å². The minimum Gasteiger partial charge on any atom is -0.327 e. The summed E-state index contributed by atoms with van der Waals surface area (Å²) in [5, 5.41) is 0. The lowest BCUT2D eigenvalue weighted by atomic mass is 10.0. The monoisotopic (exact) mass is 263 g/mol. The molecule has 0 amide bonds. The molecule has 2 atom stereocenters. The summed E-state index contributed by atoms with van der Waals surface area (Å²) < 4.78 is 0. The highest BCUT2D eigenvalue weighted by molar-refractivity contribution is 7.99. The van der Waals surface area contributed by atoms with Crippen LogP contribution in [0.2, 0.25) is 0 Å². The fourth-order valence-corrected chi connectivity index (χ4v) is 3.69. The molecule has 1 aliphatic carbocycles. The van der Waals surface area contributed by atoms with E-state index in [-0.39, 0.29) is 0 Å². The van der Waals surface area contributed by atoms with E-state index < -0.39 is 0 Å². The third-order valence-electron chi connectivity index (χ3n) is 4.02. The van der Waals surface area contributed by atoms with Gasteiger partial charge in [0.15, 0.2) is 0 Å². The van der Waals surface area contributed by atoms with Gasteiger partial charge in [-0.3, -0.25) is 0 Å². The van der Waals surface area contributed by atoms with Crippen molar-refractivity contribution in [1.82, 2.24) is 0 Å². The fraction of sp³-hybridized carbons (Fsp3) is 0.625. The lowest BCUT2D eigenvalue weighted by molar-refractivity contribution is 0.470. The largest absolute Gasteiger partial charge is 0.327 e. The summed E-state index contributed by atoms with van der Waals surface area (Å²) in [6.45, 7) is 4.48. The molecule has 1 fully saturated rings. The van der Waals surface area contributed by atoms with Crippen LogP contribution in [0.15, 0.2) is 29.2 Å². The van der Waals surface area contributed by atoms with Crippen LogP contribution in [0.4, 0.5) is 0 Å². The molecule has 1 aromatic carbocycles. The van der Waals surface area contributed by atoms with Gasteiger partial charge in [0.05, 0.1) is 0 Å². The van der Waals surface area contributed by atoms with Crippen LogP contribution in [0, 0.1) is 5.92 Å². The Kier molecular flexibility index (Phi) is 5.13. The molecule has 0 aromatic heterocycles. The van der Waals surface area contributed by atoms with Crippen LogP contribution in [0.3, 0.4) is 0 Å². The second-order valence-corrected chi connectivity index (χ2v) is 6.88. The first-order valence-corrected chi connectivity index (χ1v) is 8.13. The Labute approximate surface area is 116 Å². The van der Waals surface area contributed by atoms with Gasteiger partial charge in [0.2, 0.25) is 0 Å². The van der Waals surface area contributed by atoms with Crippen LogP contribution < -0.4 is 5.73 Å². The van der Waals surface area contributed by atoms with E-state index in [0.717, 1.165) is 5.92 Å². The molecule has 0 bridgehead atoms. The molecule has 2 unspecified atom stereocenters. The van der Waals surface area contributed by atoms with Crippen molar-refractivity contribution < 1.29 is 0 Å². The highest BCUT2D eigenvalue weighted by Gasteiger charge is 2.23. The molecule has 0 radical (unpaired) electrons. The Balaban J connectivity index is 1.76. The SMILES string of the molecule is CC(C)c1ccc(SCCC2CCCC2N)cc1. The van der Waals surface area contributed by atoms with Gasteiger partial charge in [-0.05, 0) is 54.5 Å². The molecule has 1 aliphatic rings. The van der Waals surface area contributed by atoms with E-state index in [1.54, 1.807) is 0 Å². The molecule has 0 aliphatic heterocycles.